The Morgan fingerprint density at radius 1 is 1.42 bits per heavy atom. The zero-order valence-electron chi connectivity index (χ0n) is 10.7. The first-order valence-corrected chi connectivity index (χ1v) is 5.45. The number of carbonyl (C=O) groups excluding carboxylic acids is 1. The summed E-state index contributed by atoms with van der Waals surface area (Å²) in [5, 5.41) is 11.3. The first kappa shape index (κ1) is 14.8. The molecule has 0 radical (unpaired) electrons. The quantitative estimate of drug-likeness (QED) is 0.631. The van der Waals surface area contributed by atoms with Crippen LogP contribution in [0.3, 0.4) is 0 Å². The van der Waals surface area contributed by atoms with Crippen molar-refractivity contribution in [2.75, 3.05) is 26.6 Å². The smallest absolute Gasteiger partial charge is 0.328 e. The number of rotatable bonds is 6. The maximum atomic E-state index is 12.0. The van der Waals surface area contributed by atoms with Gasteiger partial charge in [0.1, 0.15) is 5.75 Å². The number of nitrogens with one attached hydrogen (secondary N) is 1. The number of nitrogen functional groups attached to an aromatic ring is 1. The van der Waals surface area contributed by atoms with Gasteiger partial charge in [0.15, 0.2) is 6.04 Å². The minimum Gasteiger partial charge on any atom is -0.496 e. The molecule has 1 rings (SSSR count). The third-order valence-electron chi connectivity index (χ3n) is 2.41. The fourth-order valence-corrected chi connectivity index (χ4v) is 1.47. The van der Waals surface area contributed by atoms with Crippen molar-refractivity contribution in [1.29, 1.82) is 0 Å². The summed E-state index contributed by atoms with van der Waals surface area (Å²) in [4.78, 5) is 22.9. The van der Waals surface area contributed by atoms with E-state index in [4.69, 9.17) is 20.3 Å². The molecule has 1 atom stereocenters. The van der Waals surface area contributed by atoms with Crippen LogP contribution in [0.25, 0.3) is 0 Å². The van der Waals surface area contributed by atoms with Crippen LogP contribution in [0.4, 0.5) is 5.69 Å². The van der Waals surface area contributed by atoms with E-state index >= 15 is 0 Å². The highest BCUT2D eigenvalue weighted by Gasteiger charge is 2.22. The molecule has 4 N–H and O–H groups in total. The normalized spacial score (nSPS) is 11.7. The van der Waals surface area contributed by atoms with Crippen molar-refractivity contribution in [3.8, 4) is 5.75 Å². The van der Waals surface area contributed by atoms with Gasteiger partial charge >= 0.3 is 5.97 Å². The van der Waals surface area contributed by atoms with Gasteiger partial charge < -0.3 is 25.6 Å². The molecule has 0 fully saturated rings. The Morgan fingerprint density at radius 2 is 2.11 bits per heavy atom. The van der Waals surface area contributed by atoms with E-state index < -0.39 is 17.9 Å². The number of hydrogen-bond donors (Lipinski definition) is 3. The van der Waals surface area contributed by atoms with E-state index in [1.165, 1.54) is 32.4 Å². The fraction of sp³-hybridized carbons (Fsp3) is 0.333. The van der Waals surface area contributed by atoms with Crippen molar-refractivity contribution in [3.05, 3.63) is 23.8 Å². The topological polar surface area (TPSA) is 111 Å². The van der Waals surface area contributed by atoms with Gasteiger partial charge in [0.05, 0.1) is 19.3 Å². The maximum absolute atomic E-state index is 12.0. The summed E-state index contributed by atoms with van der Waals surface area (Å²) in [5.74, 6) is -1.47. The molecule has 0 saturated heterocycles. The van der Waals surface area contributed by atoms with Gasteiger partial charge in [-0.1, -0.05) is 0 Å². The van der Waals surface area contributed by atoms with E-state index in [9.17, 15) is 9.59 Å². The van der Waals surface area contributed by atoms with Gasteiger partial charge in [-0.25, -0.2) is 4.79 Å². The second-order valence-corrected chi connectivity index (χ2v) is 3.78. The van der Waals surface area contributed by atoms with Crippen molar-refractivity contribution >= 4 is 17.6 Å². The largest absolute Gasteiger partial charge is 0.496 e. The minimum absolute atomic E-state index is 0.127. The summed E-state index contributed by atoms with van der Waals surface area (Å²) in [6.45, 7) is -0.127. The molecule has 19 heavy (non-hydrogen) atoms. The highest BCUT2D eigenvalue weighted by Crippen LogP contribution is 2.21. The maximum Gasteiger partial charge on any atom is 0.328 e. The summed E-state index contributed by atoms with van der Waals surface area (Å²) in [7, 11) is 2.75. The van der Waals surface area contributed by atoms with Crippen molar-refractivity contribution in [2.45, 2.75) is 6.04 Å². The van der Waals surface area contributed by atoms with Crippen LogP contribution in [0, 0.1) is 0 Å². The first-order chi connectivity index (χ1) is 8.99. The summed E-state index contributed by atoms with van der Waals surface area (Å²) in [5.41, 5.74) is 6.23. The molecule has 0 aliphatic carbocycles. The highest BCUT2D eigenvalue weighted by molar-refractivity contribution is 5.99. The summed E-state index contributed by atoms with van der Waals surface area (Å²) in [6.07, 6.45) is 0. The number of carbonyl (C=O) groups is 2. The van der Waals surface area contributed by atoms with Crippen LogP contribution < -0.4 is 15.8 Å². The minimum atomic E-state index is -1.18. The van der Waals surface area contributed by atoms with Gasteiger partial charge in [-0.15, -0.1) is 0 Å². The predicted molar refractivity (Wildman–Crippen MR) is 68.2 cm³/mol. The molecule has 7 nitrogen and oxygen atoms in total. The molecule has 0 aliphatic heterocycles. The monoisotopic (exact) mass is 268 g/mol. The molecule has 0 saturated carbocycles. The number of methoxy groups -OCH3 is 2. The predicted octanol–water partition coefficient (Wildman–Crippen LogP) is 0.107. The second kappa shape index (κ2) is 6.60. The molecular formula is C12H16N2O5. The van der Waals surface area contributed by atoms with Crippen molar-refractivity contribution in [3.63, 3.8) is 0 Å². The van der Waals surface area contributed by atoms with Gasteiger partial charge in [-0.2, -0.15) is 0 Å². The Morgan fingerprint density at radius 3 is 2.63 bits per heavy atom. The number of benzene rings is 1. The molecular weight excluding hydrogens is 252 g/mol. The van der Waals surface area contributed by atoms with Crippen LogP contribution in [-0.4, -0.2) is 43.9 Å². The van der Waals surface area contributed by atoms with Gasteiger partial charge in [-0.3, -0.25) is 4.79 Å². The van der Waals surface area contributed by atoms with Gasteiger partial charge in [0.25, 0.3) is 5.91 Å². The number of aliphatic carboxylic acids is 1. The molecule has 1 amide bonds. The van der Waals surface area contributed by atoms with Crippen LogP contribution in [0.2, 0.25) is 0 Å². The molecule has 0 heterocycles. The lowest BCUT2D eigenvalue weighted by atomic mass is 10.1. The Kier molecular flexibility index (Phi) is 5.13. The Bertz CT molecular complexity index is 475. The molecule has 0 spiro atoms. The number of amides is 1. The van der Waals surface area contributed by atoms with Crippen LogP contribution in [0.5, 0.6) is 5.75 Å². The molecule has 1 aromatic carbocycles. The summed E-state index contributed by atoms with van der Waals surface area (Å²) >= 11 is 0. The second-order valence-electron chi connectivity index (χ2n) is 3.78. The molecule has 0 aromatic heterocycles. The van der Waals surface area contributed by atoms with Crippen molar-refractivity contribution < 1.29 is 24.2 Å². The molecule has 0 aliphatic rings. The lowest BCUT2D eigenvalue weighted by Crippen LogP contribution is -2.43. The number of ether oxygens (including phenoxy) is 2. The lowest BCUT2D eigenvalue weighted by molar-refractivity contribution is -0.140. The fourth-order valence-electron chi connectivity index (χ4n) is 1.47. The van der Waals surface area contributed by atoms with E-state index in [0.717, 1.165) is 0 Å². The van der Waals surface area contributed by atoms with Crippen LogP contribution in [-0.2, 0) is 9.53 Å². The van der Waals surface area contributed by atoms with E-state index in [2.05, 4.69) is 5.32 Å². The van der Waals surface area contributed by atoms with E-state index in [0.29, 0.717) is 5.69 Å². The molecule has 7 heteroatoms. The Labute approximate surface area is 110 Å². The molecule has 1 aromatic rings. The Balaban J connectivity index is 2.91. The van der Waals surface area contributed by atoms with Crippen LogP contribution >= 0.6 is 0 Å². The van der Waals surface area contributed by atoms with Crippen LogP contribution in [0.1, 0.15) is 10.4 Å². The summed E-state index contributed by atoms with van der Waals surface area (Å²) < 4.78 is 9.76. The summed E-state index contributed by atoms with van der Waals surface area (Å²) in [6, 6.07) is 3.36. The zero-order chi connectivity index (χ0) is 14.4. The third kappa shape index (κ3) is 3.85. The average Bonchev–Trinajstić information content (AvgIpc) is 2.37. The molecule has 104 valence electrons. The van der Waals surface area contributed by atoms with Crippen molar-refractivity contribution in [2.24, 2.45) is 0 Å². The molecule has 0 bridgehead atoms. The first-order valence-electron chi connectivity index (χ1n) is 5.45. The number of nitrogens with two attached hydrogens (primary N) is 1. The number of hydrogen-bond acceptors (Lipinski definition) is 5. The standard InChI is InChI=1S/C12H16N2O5/c1-18-6-9(12(16)17)14-11(15)8-4-3-7(13)5-10(8)19-2/h3-5,9H,6,13H2,1-2H3,(H,14,15)(H,16,17). The SMILES string of the molecule is COCC(NC(=O)c1ccc(N)cc1OC)C(=O)O. The number of carboxylic acid groups (broad SMARTS) is 1. The van der Waals surface area contributed by atoms with Gasteiger partial charge in [0, 0.05) is 18.9 Å². The van der Waals surface area contributed by atoms with Crippen molar-refractivity contribution in [1.82, 2.24) is 5.32 Å². The van der Waals surface area contributed by atoms with E-state index in [1.54, 1.807) is 0 Å². The lowest BCUT2D eigenvalue weighted by Gasteiger charge is -2.15. The Hall–Kier alpha value is -2.28. The molecule has 1 unspecified atom stereocenters. The zero-order valence-corrected chi connectivity index (χ0v) is 10.7. The van der Waals surface area contributed by atoms with Gasteiger partial charge in [0.2, 0.25) is 0 Å². The van der Waals surface area contributed by atoms with Crippen LogP contribution in [0.15, 0.2) is 18.2 Å². The average molecular weight is 268 g/mol. The highest BCUT2D eigenvalue weighted by atomic mass is 16.5. The number of carboxylic acids is 1. The number of anilines is 1. The van der Waals surface area contributed by atoms with Gasteiger partial charge in [-0.05, 0) is 12.1 Å². The van der Waals surface area contributed by atoms with E-state index in [-0.39, 0.29) is 17.9 Å². The third-order valence-corrected chi connectivity index (χ3v) is 2.41. The van der Waals surface area contributed by atoms with E-state index in [1.807, 2.05) is 0 Å².